The van der Waals surface area contributed by atoms with Crippen LogP contribution < -0.4 is 11.1 Å². The Labute approximate surface area is 117 Å². The smallest absolute Gasteiger partial charge is 0.259 e. The number of carbonyl (C=O) groups excluding carboxylic acids is 1. The number of nitrogen functional groups attached to an aromatic ring is 1. The third-order valence-electron chi connectivity index (χ3n) is 2.28. The molecular weight excluding hydrogens is 318 g/mol. The maximum atomic E-state index is 12.0. The van der Waals surface area contributed by atoms with E-state index in [9.17, 15) is 4.79 Å². The van der Waals surface area contributed by atoms with Gasteiger partial charge in [-0.1, -0.05) is 11.6 Å². The Balaban J connectivity index is 2.24. The Bertz CT molecular complexity index is 604. The third-order valence-corrected chi connectivity index (χ3v) is 3.17. The van der Waals surface area contributed by atoms with Crippen LogP contribution in [0.4, 0.5) is 11.4 Å². The van der Waals surface area contributed by atoms with Crippen molar-refractivity contribution in [3.8, 4) is 0 Å². The molecule has 1 aromatic carbocycles. The molecule has 0 aliphatic rings. The van der Waals surface area contributed by atoms with Crippen molar-refractivity contribution in [2.75, 3.05) is 11.1 Å². The molecule has 0 unspecified atom stereocenters. The summed E-state index contributed by atoms with van der Waals surface area (Å²) in [6.07, 6.45) is 2.96. The lowest BCUT2D eigenvalue weighted by Crippen LogP contribution is -2.14. The van der Waals surface area contributed by atoms with Crippen LogP contribution in [0.1, 0.15) is 10.4 Å². The van der Waals surface area contributed by atoms with Gasteiger partial charge < -0.3 is 11.1 Å². The molecule has 0 aliphatic heterocycles. The fourth-order valence-corrected chi connectivity index (χ4v) is 2.16. The third kappa shape index (κ3) is 2.80. The number of nitrogens with zero attached hydrogens (tertiary/aromatic N) is 1. The summed E-state index contributed by atoms with van der Waals surface area (Å²) in [6.45, 7) is 0. The SMILES string of the molecule is Nc1ccncc1C(=O)Nc1ccc(Cl)cc1Br. The van der Waals surface area contributed by atoms with Gasteiger partial charge in [-0.05, 0) is 40.2 Å². The number of rotatable bonds is 2. The van der Waals surface area contributed by atoms with Crippen molar-refractivity contribution in [1.82, 2.24) is 4.98 Å². The molecule has 0 spiro atoms. The maximum Gasteiger partial charge on any atom is 0.259 e. The molecule has 18 heavy (non-hydrogen) atoms. The first kappa shape index (κ1) is 12.9. The lowest BCUT2D eigenvalue weighted by Gasteiger charge is -2.08. The summed E-state index contributed by atoms with van der Waals surface area (Å²) >= 11 is 9.14. The van der Waals surface area contributed by atoms with Gasteiger partial charge in [-0.25, -0.2) is 0 Å². The van der Waals surface area contributed by atoms with Gasteiger partial charge in [-0.2, -0.15) is 0 Å². The van der Waals surface area contributed by atoms with Crippen LogP contribution in [-0.4, -0.2) is 10.9 Å². The van der Waals surface area contributed by atoms with E-state index in [1.165, 1.54) is 12.4 Å². The number of nitrogens with one attached hydrogen (secondary N) is 1. The number of hydrogen-bond acceptors (Lipinski definition) is 3. The molecular formula is C12H9BrClN3O. The predicted molar refractivity (Wildman–Crippen MR) is 75.8 cm³/mol. The molecule has 6 heteroatoms. The lowest BCUT2D eigenvalue weighted by molar-refractivity contribution is 0.102. The van der Waals surface area contributed by atoms with Gasteiger partial charge in [0.25, 0.3) is 5.91 Å². The molecule has 2 rings (SSSR count). The van der Waals surface area contributed by atoms with Crippen LogP contribution in [0.3, 0.4) is 0 Å². The van der Waals surface area contributed by atoms with Gasteiger partial charge in [0.05, 0.1) is 11.3 Å². The number of benzene rings is 1. The number of carbonyl (C=O) groups is 1. The highest BCUT2D eigenvalue weighted by atomic mass is 79.9. The van der Waals surface area contributed by atoms with Crippen LogP contribution in [-0.2, 0) is 0 Å². The fraction of sp³-hybridized carbons (Fsp3) is 0. The predicted octanol–water partition coefficient (Wildman–Crippen LogP) is 3.33. The average Bonchev–Trinajstić information content (AvgIpc) is 2.33. The van der Waals surface area contributed by atoms with E-state index in [1.54, 1.807) is 24.3 Å². The van der Waals surface area contributed by atoms with E-state index in [0.717, 1.165) is 0 Å². The lowest BCUT2D eigenvalue weighted by atomic mass is 10.2. The highest BCUT2D eigenvalue weighted by Crippen LogP contribution is 2.26. The second-order valence-corrected chi connectivity index (χ2v) is 4.83. The van der Waals surface area contributed by atoms with Gasteiger partial charge in [0.15, 0.2) is 0 Å². The molecule has 4 nitrogen and oxygen atoms in total. The molecule has 92 valence electrons. The van der Waals surface area contributed by atoms with Gasteiger partial charge in [0.1, 0.15) is 0 Å². The van der Waals surface area contributed by atoms with Crippen molar-refractivity contribution in [2.24, 2.45) is 0 Å². The van der Waals surface area contributed by atoms with Crippen LogP contribution in [0.15, 0.2) is 41.1 Å². The summed E-state index contributed by atoms with van der Waals surface area (Å²) in [7, 11) is 0. The van der Waals surface area contributed by atoms with E-state index in [1.807, 2.05) is 0 Å². The number of aromatic nitrogens is 1. The van der Waals surface area contributed by atoms with Crippen molar-refractivity contribution in [3.05, 3.63) is 51.7 Å². The Kier molecular flexibility index (Phi) is 3.84. The molecule has 2 aromatic rings. The van der Waals surface area contributed by atoms with Gasteiger partial charge in [0.2, 0.25) is 0 Å². The van der Waals surface area contributed by atoms with E-state index >= 15 is 0 Å². The average molecular weight is 327 g/mol. The van der Waals surface area contributed by atoms with Crippen molar-refractivity contribution in [2.45, 2.75) is 0 Å². The Hall–Kier alpha value is -1.59. The zero-order valence-electron chi connectivity index (χ0n) is 9.15. The number of pyridine rings is 1. The molecule has 0 atom stereocenters. The number of nitrogens with two attached hydrogens (primary N) is 1. The minimum atomic E-state index is -0.316. The Morgan fingerprint density at radius 3 is 2.83 bits per heavy atom. The van der Waals surface area contributed by atoms with Crippen LogP contribution >= 0.6 is 27.5 Å². The molecule has 0 radical (unpaired) electrons. The van der Waals surface area contributed by atoms with Gasteiger partial charge >= 0.3 is 0 Å². The monoisotopic (exact) mass is 325 g/mol. The molecule has 3 N–H and O–H groups in total. The summed E-state index contributed by atoms with van der Waals surface area (Å²) < 4.78 is 0.700. The molecule has 0 saturated heterocycles. The van der Waals surface area contributed by atoms with Crippen LogP contribution in [0.2, 0.25) is 5.02 Å². The molecule has 1 heterocycles. The Morgan fingerprint density at radius 2 is 2.17 bits per heavy atom. The summed E-state index contributed by atoms with van der Waals surface area (Å²) in [5, 5.41) is 3.31. The second kappa shape index (κ2) is 5.37. The van der Waals surface area contributed by atoms with Gasteiger partial charge in [-0.15, -0.1) is 0 Å². The van der Waals surface area contributed by atoms with Gasteiger partial charge in [-0.3, -0.25) is 9.78 Å². The van der Waals surface area contributed by atoms with Crippen molar-refractivity contribution in [1.29, 1.82) is 0 Å². The molecule has 0 fully saturated rings. The molecule has 0 saturated carbocycles. The number of amides is 1. The van der Waals surface area contributed by atoms with Gasteiger partial charge in [0, 0.05) is 27.6 Å². The minimum Gasteiger partial charge on any atom is -0.398 e. The van der Waals surface area contributed by atoms with Crippen LogP contribution in [0.25, 0.3) is 0 Å². The topological polar surface area (TPSA) is 68.0 Å². The van der Waals surface area contributed by atoms with Crippen LogP contribution in [0, 0.1) is 0 Å². The first-order chi connectivity index (χ1) is 8.58. The first-order valence-electron chi connectivity index (χ1n) is 5.04. The fourth-order valence-electron chi connectivity index (χ4n) is 1.38. The van der Waals surface area contributed by atoms with E-state index in [0.29, 0.717) is 26.4 Å². The van der Waals surface area contributed by atoms with Crippen molar-refractivity contribution in [3.63, 3.8) is 0 Å². The summed E-state index contributed by atoms with van der Waals surface area (Å²) in [5.41, 5.74) is 7.04. The normalized spacial score (nSPS) is 10.1. The summed E-state index contributed by atoms with van der Waals surface area (Å²) in [6, 6.07) is 6.67. The van der Waals surface area contributed by atoms with Crippen molar-refractivity contribution < 1.29 is 4.79 Å². The zero-order chi connectivity index (χ0) is 13.1. The molecule has 0 bridgehead atoms. The Morgan fingerprint density at radius 1 is 1.39 bits per heavy atom. The number of anilines is 2. The minimum absolute atomic E-state index is 0.316. The molecule has 0 aliphatic carbocycles. The van der Waals surface area contributed by atoms with E-state index in [4.69, 9.17) is 17.3 Å². The molecule has 1 amide bonds. The maximum absolute atomic E-state index is 12.0. The largest absolute Gasteiger partial charge is 0.398 e. The van der Waals surface area contributed by atoms with E-state index < -0.39 is 0 Å². The zero-order valence-corrected chi connectivity index (χ0v) is 11.5. The standard InChI is InChI=1S/C12H9BrClN3O/c13-9-5-7(14)1-2-11(9)17-12(18)8-6-16-4-3-10(8)15/h1-6H,(H2,15,16)(H,17,18). The summed E-state index contributed by atoms with van der Waals surface area (Å²) in [5.74, 6) is -0.316. The molecule has 1 aromatic heterocycles. The number of hydrogen-bond donors (Lipinski definition) is 2. The van der Waals surface area contributed by atoms with E-state index in [-0.39, 0.29) is 5.91 Å². The quantitative estimate of drug-likeness (QED) is 0.889. The van der Waals surface area contributed by atoms with E-state index in [2.05, 4.69) is 26.2 Å². The first-order valence-corrected chi connectivity index (χ1v) is 6.21. The second-order valence-electron chi connectivity index (χ2n) is 3.54. The van der Waals surface area contributed by atoms with Crippen molar-refractivity contribution >= 4 is 44.8 Å². The number of halogens is 2. The highest BCUT2D eigenvalue weighted by molar-refractivity contribution is 9.10. The highest BCUT2D eigenvalue weighted by Gasteiger charge is 2.11. The van der Waals surface area contributed by atoms with Crippen LogP contribution in [0.5, 0.6) is 0 Å². The summed E-state index contributed by atoms with van der Waals surface area (Å²) in [4.78, 5) is 15.9.